The van der Waals surface area contributed by atoms with Gasteiger partial charge in [-0.3, -0.25) is 0 Å². The Morgan fingerprint density at radius 1 is 1.22 bits per heavy atom. The van der Waals surface area contributed by atoms with Crippen molar-refractivity contribution in [3.05, 3.63) is 41.5 Å². The van der Waals surface area contributed by atoms with Gasteiger partial charge in [-0.05, 0) is 63.0 Å². The molecule has 1 saturated heterocycles. The second kappa shape index (κ2) is 7.04. The minimum Gasteiger partial charge on any atom is -0.353 e. The van der Waals surface area contributed by atoms with E-state index in [1.807, 2.05) is 19.2 Å². The van der Waals surface area contributed by atoms with Crippen LogP contribution in [0.5, 0.6) is 0 Å². The molecule has 5 heteroatoms. The van der Waals surface area contributed by atoms with Gasteiger partial charge in [0.05, 0.1) is 5.69 Å². The Kier molecular flexibility index (Phi) is 4.86. The molecule has 0 radical (unpaired) electrons. The number of benzene rings is 1. The summed E-state index contributed by atoms with van der Waals surface area (Å²) in [4.78, 5) is 11.4. The normalized spacial score (nSPS) is 15.1. The molecule has 23 heavy (non-hydrogen) atoms. The van der Waals surface area contributed by atoms with Crippen LogP contribution in [0.3, 0.4) is 0 Å². The summed E-state index contributed by atoms with van der Waals surface area (Å²) in [6.45, 7) is 8.01. The molecule has 122 valence electrons. The number of aromatic nitrogens is 2. The van der Waals surface area contributed by atoms with Crippen molar-refractivity contribution in [3.63, 3.8) is 0 Å². The topological polar surface area (TPSA) is 41.1 Å². The predicted molar refractivity (Wildman–Crippen MR) is 91.1 cm³/mol. The van der Waals surface area contributed by atoms with Gasteiger partial charge in [-0.1, -0.05) is 6.07 Å². The predicted octanol–water partition coefficient (Wildman–Crippen LogP) is 3.41. The van der Waals surface area contributed by atoms with E-state index in [-0.39, 0.29) is 5.82 Å². The molecule has 2 aromatic rings. The van der Waals surface area contributed by atoms with Crippen molar-refractivity contribution in [3.8, 4) is 11.1 Å². The number of halogens is 1. The molecule has 1 aliphatic heterocycles. The Labute approximate surface area is 136 Å². The minimum absolute atomic E-state index is 0.187. The first kappa shape index (κ1) is 15.9. The van der Waals surface area contributed by atoms with E-state index in [1.54, 1.807) is 13.0 Å². The fourth-order valence-corrected chi connectivity index (χ4v) is 2.98. The van der Waals surface area contributed by atoms with Crippen molar-refractivity contribution < 1.29 is 4.39 Å². The van der Waals surface area contributed by atoms with E-state index < -0.39 is 0 Å². The van der Waals surface area contributed by atoms with Crippen molar-refractivity contribution in [2.24, 2.45) is 0 Å². The van der Waals surface area contributed by atoms with Crippen molar-refractivity contribution in [1.82, 2.24) is 14.9 Å². The zero-order valence-corrected chi connectivity index (χ0v) is 13.8. The molecule has 0 aliphatic carbocycles. The maximum absolute atomic E-state index is 13.4. The molecule has 1 aromatic carbocycles. The Hall–Kier alpha value is -2.01. The molecule has 4 nitrogen and oxygen atoms in total. The lowest BCUT2D eigenvalue weighted by molar-refractivity contribution is 0.352. The van der Waals surface area contributed by atoms with Crippen LogP contribution in [0.15, 0.2) is 24.4 Å². The average molecular weight is 314 g/mol. The van der Waals surface area contributed by atoms with Crippen LogP contribution in [-0.4, -0.2) is 41.0 Å². The average Bonchev–Trinajstić information content (AvgIpc) is 3.04. The lowest BCUT2D eigenvalue weighted by Crippen LogP contribution is -2.26. The number of nitrogens with zero attached hydrogens (tertiary/aromatic N) is 3. The fourth-order valence-electron chi connectivity index (χ4n) is 2.98. The molecule has 0 unspecified atom stereocenters. The summed E-state index contributed by atoms with van der Waals surface area (Å²) in [6, 6.07) is 5.10. The fraction of sp³-hybridized carbons (Fsp3) is 0.444. The minimum atomic E-state index is -0.187. The van der Waals surface area contributed by atoms with E-state index in [1.165, 1.54) is 32.0 Å². The highest BCUT2D eigenvalue weighted by Crippen LogP contribution is 2.24. The third-order valence-corrected chi connectivity index (χ3v) is 4.36. The van der Waals surface area contributed by atoms with E-state index in [0.29, 0.717) is 11.5 Å². The summed E-state index contributed by atoms with van der Waals surface area (Å²) >= 11 is 0. The van der Waals surface area contributed by atoms with E-state index >= 15 is 0 Å². The summed E-state index contributed by atoms with van der Waals surface area (Å²) in [5, 5.41) is 3.29. The maximum Gasteiger partial charge on any atom is 0.222 e. The lowest BCUT2D eigenvalue weighted by Gasteiger charge is -2.15. The molecule has 0 amide bonds. The van der Waals surface area contributed by atoms with Gasteiger partial charge in [0.1, 0.15) is 5.82 Å². The van der Waals surface area contributed by atoms with E-state index in [9.17, 15) is 4.39 Å². The van der Waals surface area contributed by atoms with E-state index in [2.05, 4.69) is 20.2 Å². The molecular weight excluding hydrogens is 291 g/mol. The zero-order chi connectivity index (χ0) is 16.2. The van der Waals surface area contributed by atoms with Gasteiger partial charge in [0.15, 0.2) is 0 Å². The Morgan fingerprint density at radius 2 is 2.00 bits per heavy atom. The standard InChI is InChI=1S/C18H23FN4/c1-13-11-15(5-6-17(13)19)16-12-21-18(22-14(16)2)20-7-10-23-8-3-4-9-23/h5-6,11-12H,3-4,7-10H2,1-2H3,(H,20,21,22). The van der Waals surface area contributed by atoms with Crippen LogP contribution in [0.1, 0.15) is 24.1 Å². The van der Waals surface area contributed by atoms with Crippen LogP contribution in [0.2, 0.25) is 0 Å². The van der Waals surface area contributed by atoms with Crippen molar-refractivity contribution in [2.45, 2.75) is 26.7 Å². The van der Waals surface area contributed by atoms with Gasteiger partial charge in [0.2, 0.25) is 5.95 Å². The zero-order valence-electron chi connectivity index (χ0n) is 13.8. The van der Waals surface area contributed by atoms with Crippen molar-refractivity contribution in [1.29, 1.82) is 0 Å². The largest absolute Gasteiger partial charge is 0.353 e. The van der Waals surface area contributed by atoms with E-state index in [0.717, 1.165) is 29.9 Å². The third-order valence-electron chi connectivity index (χ3n) is 4.36. The number of nitrogens with one attached hydrogen (secondary N) is 1. The highest BCUT2D eigenvalue weighted by molar-refractivity contribution is 5.66. The summed E-state index contributed by atoms with van der Waals surface area (Å²) < 4.78 is 13.4. The molecule has 1 aromatic heterocycles. The monoisotopic (exact) mass is 314 g/mol. The second-order valence-corrected chi connectivity index (χ2v) is 6.13. The van der Waals surface area contributed by atoms with Gasteiger partial charge >= 0.3 is 0 Å². The smallest absolute Gasteiger partial charge is 0.222 e. The van der Waals surface area contributed by atoms with Crippen LogP contribution in [0, 0.1) is 19.7 Å². The van der Waals surface area contributed by atoms with Gasteiger partial charge in [0.25, 0.3) is 0 Å². The number of aryl methyl sites for hydroxylation is 2. The number of hydrogen-bond acceptors (Lipinski definition) is 4. The second-order valence-electron chi connectivity index (χ2n) is 6.13. The molecule has 3 rings (SSSR count). The Morgan fingerprint density at radius 3 is 2.70 bits per heavy atom. The summed E-state index contributed by atoms with van der Waals surface area (Å²) in [6.07, 6.45) is 4.43. The highest BCUT2D eigenvalue weighted by Gasteiger charge is 2.11. The first-order valence-electron chi connectivity index (χ1n) is 8.20. The third kappa shape index (κ3) is 3.85. The van der Waals surface area contributed by atoms with Crippen LogP contribution in [-0.2, 0) is 0 Å². The Bertz CT molecular complexity index is 681. The summed E-state index contributed by atoms with van der Waals surface area (Å²) in [5.41, 5.74) is 3.42. The molecule has 2 heterocycles. The number of rotatable bonds is 5. The molecule has 1 N–H and O–H groups in total. The van der Waals surface area contributed by atoms with Gasteiger partial charge in [0, 0.05) is 24.8 Å². The highest BCUT2D eigenvalue weighted by atomic mass is 19.1. The summed E-state index contributed by atoms with van der Waals surface area (Å²) in [7, 11) is 0. The molecule has 0 bridgehead atoms. The number of anilines is 1. The maximum atomic E-state index is 13.4. The number of likely N-dealkylation sites (tertiary alicyclic amines) is 1. The summed E-state index contributed by atoms with van der Waals surface area (Å²) in [5.74, 6) is 0.469. The first-order valence-corrected chi connectivity index (χ1v) is 8.20. The van der Waals surface area contributed by atoms with Crippen LogP contribution in [0.25, 0.3) is 11.1 Å². The molecule has 1 aliphatic rings. The van der Waals surface area contributed by atoms with Crippen LogP contribution >= 0.6 is 0 Å². The first-order chi connectivity index (χ1) is 11.1. The Balaban J connectivity index is 1.66. The van der Waals surface area contributed by atoms with Crippen LogP contribution in [0.4, 0.5) is 10.3 Å². The van der Waals surface area contributed by atoms with Gasteiger partial charge in [-0.15, -0.1) is 0 Å². The van der Waals surface area contributed by atoms with Crippen molar-refractivity contribution in [2.75, 3.05) is 31.5 Å². The van der Waals surface area contributed by atoms with E-state index in [4.69, 9.17) is 0 Å². The lowest BCUT2D eigenvalue weighted by atomic mass is 10.0. The molecule has 0 spiro atoms. The molecule has 1 fully saturated rings. The molecule has 0 atom stereocenters. The quantitative estimate of drug-likeness (QED) is 0.918. The van der Waals surface area contributed by atoms with Gasteiger partial charge in [-0.25, -0.2) is 14.4 Å². The molecular formula is C18H23FN4. The van der Waals surface area contributed by atoms with Crippen LogP contribution < -0.4 is 5.32 Å². The SMILES string of the molecule is Cc1cc(-c2cnc(NCCN3CCCC3)nc2C)ccc1F. The number of hydrogen-bond donors (Lipinski definition) is 1. The van der Waals surface area contributed by atoms with Crippen molar-refractivity contribution >= 4 is 5.95 Å². The van der Waals surface area contributed by atoms with Gasteiger partial charge < -0.3 is 10.2 Å². The van der Waals surface area contributed by atoms with Gasteiger partial charge in [-0.2, -0.15) is 0 Å². The molecule has 0 saturated carbocycles.